The van der Waals surface area contributed by atoms with Gasteiger partial charge in [0.2, 0.25) is 0 Å². The van der Waals surface area contributed by atoms with Crippen LogP contribution in [0.1, 0.15) is 18.5 Å². The molecule has 7 nitrogen and oxygen atoms in total. The van der Waals surface area contributed by atoms with Crippen LogP contribution >= 0.6 is 11.6 Å². The number of anilines is 2. The number of carbonyl (C=O) groups excluding carboxylic acids is 2. The number of hydrogen-bond acceptors (Lipinski definition) is 5. The molecule has 1 aromatic heterocycles. The van der Waals surface area contributed by atoms with Crippen molar-refractivity contribution in [2.45, 2.75) is 19.8 Å². The Morgan fingerprint density at radius 2 is 1.97 bits per heavy atom. The highest BCUT2D eigenvalue weighted by molar-refractivity contribution is 6.40. The van der Waals surface area contributed by atoms with Crippen LogP contribution in [0.2, 0.25) is 5.02 Å². The maximum Gasteiger partial charge on any atom is 0.313 e. The first-order valence-corrected chi connectivity index (χ1v) is 9.94. The fourth-order valence-corrected chi connectivity index (χ4v) is 3.57. The number of carbonyl (C=O) groups is 2. The Morgan fingerprint density at radius 3 is 2.66 bits per heavy atom. The molecule has 2 heterocycles. The zero-order valence-corrected chi connectivity index (χ0v) is 17.3. The molecule has 29 heavy (non-hydrogen) atoms. The fourth-order valence-electron chi connectivity index (χ4n) is 3.40. The van der Waals surface area contributed by atoms with E-state index >= 15 is 0 Å². The SMILES string of the molecule is COc1ccc(Cl)cc1NC(=O)C(=O)NCC1CCN(c2ccnc(C)c2)CC1. The molecule has 2 N–H and O–H groups in total. The zero-order valence-electron chi connectivity index (χ0n) is 16.6. The van der Waals surface area contributed by atoms with Crippen LogP contribution in [0.3, 0.4) is 0 Å². The maximum absolute atomic E-state index is 12.2. The first-order chi connectivity index (χ1) is 14.0. The Hall–Kier alpha value is -2.80. The second-order valence-corrected chi connectivity index (χ2v) is 7.53. The standard InChI is InChI=1S/C21H25ClN4O3/c1-14-11-17(5-8-23-14)26-9-6-15(7-10-26)13-24-20(27)21(28)25-18-12-16(22)3-4-19(18)29-2/h3-5,8,11-12,15H,6-7,9-10,13H2,1-2H3,(H,24,27)(H,25,28). The van der Waals surface area contributed by atoms with Gasteiger partial charge in [0.05, 0.1) is 12.8 Å². The molecular weight excluding hydrogens is 392 g/mol. The van der Waals surface area contributed by atoms with Crippen molar-refractivity contribution < 1.29 is 14.3 Å². The van der Waals surface area contributed by atoms with Gasteiger partial charge in [0.15, 0.2) is 0 Å². The minimum absolute atomic E-state index is 0.339. The van der Waals surface area contributed by atoms with E-state index in [-0.39, 0.29) is 0 Å². The number of methoxy groups -OCH3 is 1. The number of halogens is 1. The summed E-state index contributed by atoms with van der Waals surface area (Å²) in [7, 11) is 1.48. The number of aryl methyl sites for hydroxylation is 1. The number of rotatable bonds is 5. The van der Waals surface area contributed by atoms with Gasteiger partial charge in [-0.05, 0) is 56.0 Å². The van der Waals surface area contributed by atoms with Crippen molar-refractivity contribution in [2.75, 3.05) is 37.0 Å². The third kappa shape index (κ3) is 5.60. The van der Waals surface area contributed by atoms with Gasteiger partial charge < -0.3 is 20.3 Å². The molecular formula is C21H25ClN4O3. The average Bonchev–Trinajstić information content (AvgIpc) is 2.72. The Morgan fingerprint density at radius 1 is 1.21 bits per heavy atom. The van der Waals surface area contributed by atoms with Crippen LogP contribution in [0.5, 0.6) is 5.75 Å². The molecule has 8 heteroatoms. The smallest absolute Gasteiger partial charge is 0.313 e. The van der Waals surface area contributed by atoms with Crippen LogP contribution in [0, 0.1) is 12.8 Å². The average molecular weight is 417 g/mol. The van der Waals surface area contributed by atoms with Gasteiger partial charge in [-0.15, -0.1) is 0 Å². The molecule has 0 spiro atoms. The quantitative estimate of drug-likeness (QED) is 0.732. The summed E-state index contributed by atoms with van der Waals surface area (Å²) < 4.78 is 5.18. The molecule has 0 saturated carbocycles. The van der Waals surface area contributed by atoms with Crippen molar-refractivity contribution in [2.24, 2.45) is 5.92 Å². The van der Waals surface area contributed by atoms with Gasteiger partial charge in [-0.3, -0.25) is 14.6 Å². The molecule has 2 amide bonds. The summed E-state index contributed by atoms with van der Waals surface area (Å²) in [6, 6.07) is 8.92. The van der Waals surface area contributed by atoms with Gasteiger partial charge in [-0.25, -0.2) is 0 Å². The predicted octanol–water partition coefficient (Wildman–Crippen LogP) is 3.02. The highest BCUT2D eigenvalue weighted by Crippen LogP contribution is 2.27. The van der Waals surface area contributed by atoms with E-state index in [4.69, 9.17) is 16.3 Å². The van der Waals surface area contributed by atoms with Gasteiger partial charge in [0.1, 0.15) is 5.75 Å². The number of ether oxygens (including phenoxy) is 1. The van der Waals surface area contributed by atoms with Crippen molar-refractivity contribution in [1.82, 2.24) is 10.3 Å². The second kappa shape index (κ2) is 9.60. The van der Waals surface area contributed by atoms with E-state index in [0.29, 0.717) is 28.9 Å². The van der Waals surface area contributed by atoms with Gasteiger partial charge in [0.25, 0.3) is 0 Å². The second-order valence-electron chi connectivity index (χ2n) is 7.09. The van der Waals surface area contributed by atoms with E-state index in [2.05, 4.69) is 26.6 Å². The zero-order chi connectivity index (χ0) is 20.8. The van der Waals surface area contributed by atoms with E-state index in [1.807, 2.05) is 19.2 Å². The molecule has 1 aliphatic heterocycles. The molecule has 154 valence electrons. The Kier molecular flexibility index (Phi) is 6.93. The molecule has 1 saturated heterocycles. The van der Waals surface area contributed by atoms with Crippen LogP contribution in [-0.2, 0) is 9.59 Å². The number of hydrogen-bond donors (Lipinski definition) is 2. The molecule has 1 aliphatic rings. The molecule has 0 unspecified atom stereocenters. The number of nitrogens with zero attached hydrogens (tertiary/aromatic N) is 2. The summed E-state index contributed by atoms with van der Waals surface area (Å²) in [4.78, 5) is 30.9. The van der Waals surface area contributed by atoms with Crippen molar-refractivity contribution in [3.63, 3.8) is 0 Å². The summed E-state index contributed by atoms with van der Waals surface area (Å²) in [5, 5.41) is 5.73. The summed E-state index contributed by atoms with van der Waals surface area (Å²) in [6.07, 6.45) is 3.72. The largest absolute Gasteiger partial charge is 0.495 e. The topological polar surface area (TPSA) is 83.6 Å². The molecule has 1 aromatic carbocycles. The van der Waals surface area contributed by atoms with Crippen molar-refractivity contribution in [3.8, 4) is 5.75 Å². The summed E-state index contributed by atoms with van der Waals surface area (Å²) in [5.74, 6) is -0.629. The van der Waals surface area contributed by atoms with E-state index in [9.17, 15) is 9.59 Å². The highest BCUT2D eigenvalue weighted by Gasteiger charge is 2.22. The molecule has 1 fully saturated rings. The van der Waals surface area contributed by atoms with Gasteiger partial charge in [-0.2, -0.15) is 0 Å². The number of amides is 2. The lowest BCUT2D eigenvalue weighted by molar-refractivity contribution is -0.136. The lowest BCUT2D eigenvalue weighted by atomic mass is 9.96. The minimum atomic E-state index is -0.740. The molecule has 3 rings (SSSR count). The van der Waals surface area contributed by atoms with E-state index < -0.39 is 11.8 Å². The number of benzene rings is 1. The monoisotopic (exact) mass is 416 g/mol. The summed E-state index contributed by atoms with van der Waals surface area (Å²) in [5.41, 5.74) is 2.54. The van der Waals surface area contributed by atoms with Crippen LogP contribution in [-0.4, -0.2) is 43.5 Å². The predicted molar refractivity (Wildman–Crippen MR) is 114 cm³/mol. The third-order valence-corrected chi connectivity index (χ3v) is 5.26. The fraction of sp³-hybridized carbons (Fsp3) is 0.381. The van der Waals surface area contributed by atoms with E-state index in [1.54, 1.807) is 18.2 Å². The molecule has 0 radical (unpaired) electrons. The van der Waals surface area contributed by atoms with Crippen LogP contribution in [0.4, 0.5) is 11.4 Å². The van der Waals surface area contributed by atoms with Gasteiger partial charge in [-0.1, -0.05) is 11.6 Å². The Balaban J connectivity index is 1.46. The van der Waals surface area contributed by atoms with Gasteiger partial charge >= 0.3 is 11.8 Å². The van der Waals surface area contributed by atoms with E-state index in [1.165, 1.54) is 12.8 Å². The Bertz CT molecular complexity index is 882. The number of pyridine rings is 1. The third-order valence-electron chi connectivity index (χ3n) is 5.03. The van der Waals surface area contributed by atoms with Crippen LogP contribution in [0.15, 0.2) is 36.5 Å². The van der Waals surface area contributed by atoms with Gasteiger partial charge in [0, 0.05) is 42.2 Å². The maximum atomic E-state index is 12.2. The first-order valence-electron chi connectivity index (χ1n) is 9.56. The molecule has 2 aromatic rings. The van der Waals surface area contributed by atoms with Crippen LogP contribution < -0.4 is 20.3 Å². The lowest BCUT2D eigenvalue weighted by Gasteiger charge is -2.33. The summed E-state index contributed by atoms with van der Waals surface area (Å²) >= 11 is 5.95. The first kappa shape index (κ1) is 20.9. The van der Waals surface area contributed by atoms with Crippen molar-refractivity contribution >= 4 is 34.8 Å². The van der Waals surface area contributed by atoms with Crippen LogP contribution in [0.25, 0.3) is 0 Å². The molecule has 0 aliphatic carbocycles. The van der Waals surface area contributed by atoms with E-state index in [0.717, 1.165) is 31.6 Å². The number of nitrogens with one attached hydrogen (secondary N) is 2. The lowest BCUT2D eigenvalue weighted by Crippen LogP contribution is -2.41. The highest BCUT2D eigenvalue weighted by atomic mass is 35.5. The number of piperidine rings is 1. The van der Waals surface area contributed by atoms with Crippen molar-refractivity contribution in [3.05, 3.63) is 47.2 Å². The Labute approximate surface area is 175 Å². The van der Waals surface area contributed by atoms with Crippen molar-refractivity contribution in [1.29, 1.82) is 0 Å². The summed E-state index contributed by atoms with van der Waals surface area (Å²) in [6.45, 7) is 4.28. The normalized spacial score (nSPS) is 14.4. The molecule has 0 bridgehead atoms. The minimum Gasteiger partial charge on any atom is -0.495 e. The number of aromatic nitrogens is 1. The molecule has 0 atom stereocenters.